The molecular weight excluding hydrogens is 448 g/mol. The second-order valence-corrected chi connectivity index (χ2v) is 9.71. The molecule has 2 aromatic heterocycles. The Bertz CT molecular complexity index is 1830. The Balaban J connectivity index is 1.16. The molecule has 4 heteroatoms. The maximum absolute atomic E-state index is 5.45. The summed E-state index contributed by atoms with van der Waals surface area (Å²) in [6.07, 6.45) is 1.48. The largest absolute Gasteiger partial charge is 0.443 e. The summed E-state index contributed by atoms with van der Waals surface area (Å²) in [4.78, 5) is 4.19. The number of thiophene rings is 1. The fourth-order valence-electron chi connectivity index (χ4n) is 4.63. The SMILES string of the molecule is c1cc(Nc2ccc(-c3ccc4ncoc4c3)cc2)cc(-c2ccc3sc4ccccc4c3c2)c1. The van der Waals surface area contributed by atoms with Crippen molar-refractivity contribution >= 4 is 54.0 Å². The molecule has 0 saturated heterocycles. The predicted molar refractivity (Wildman–Crippen MR) is 147 cm³/mol. The van der Waals surface area contributed by atoms with Crippen LogP contribution in [0.5, 0.6) is 0 Å². The van der Waals surface area contributed by atoms with Crippen LogP contribution >= 0.6 is 11.3 Å². The summed E-state index contributed by atoms with van der Waals surface area (Å²) in [6, 6.07) is 38.5. The van der Waals surface area contributed by atoms with Gasteiger partial charge in [-0.05, 0) is 76.9 Å². The monoisotopic (exact) mass is 468 g/mol. The van der Waals surface area contributed by atoms with E-state index in [4.69, 9.17) is 4.42 Å². The van der Waals surface area contributed by atoms with Crippen LogP contribution in [0, 0.1) is 0 Å². The Hall–Kier alpha value is -4.41. The normalized spacial score (nSPS) is 11.4. The van der Waals surface area contributed by atoms with E-state index in [9.17, 15) is 0 Å². The second-order valence-electron chi connectivity index (χ2n) is 8.63. The van der Waals surface area contributed by atoms with E-state index in [1.54, 1.807) is 0 Å². The van der Waals surface area contributed by atoms with Crippen molar-refractivity contribution in [1.29, 1.82) is 0 Å². The van der Waals surface area contributed by atoms with E-state index in [1.807, 2.05) is 23.5 Å². The lowest BCUT2D eigenvalue weighted by atomic mass is 10.0. The van der Waals surface area contributed by atoms with Gasteiger partial charge in [-0.25, -0.2) is 4.98 Å². The minimum Gasteiger partial charge on any atom is -0.443 e. The number of benzene rings is 5. The highest BCUT2D eigenvalue weighted by molar-refractivity contribution is 7.25. The predicted octanol–water partition coefficient (Wildman–Crippen LogP) is 9.27. The van der Waals surface area contributed by atoms with Crippen LogP contribution in [-0.4, -0.2) is 4.98 Å². The summed E-state index contributed by atoms with van der Waals surface area (Å²) in [7, 11) is 0. The average molecular weight is 469 g/mol. The van der Waals surface area contributed by atoms with Gasteiger partial charge in [0.1, 0.15) is 5.52 Å². The van der Waals surface area contributed by atoms with Crippen LogP contribution < -0.4 is 5.32 Å². The smallest absolute Gasteiger partial charge is 0.181 e. The second kappa shape index (κ2) is 8.12. The first-order valence-electron chi connectivity index (χ1n) is 11.5. The summed E-state index contributed by atoms with van der Waals surface area (Å²) < 4.78 is 8.11. The van der Waals surface area contributed by atoms with Crippen molar-refractivity contribution in [3.8, 4) is 22.3 Å². The van der Waals surface area contributed by atoms with E-state index < -0.39 is 0 Å². The molecule has 0 aliphatic carbocycles. The molecule has 0 aliphatic rings. The maximum Gasteiger partial charge on any atom is 0.181 e. The molecule has 0 atom stereocenters. The number of fused-ring (bicyclic) bond motifs is 4. The highest BCUT2D eigenvalue weighted by atomic mass is 32.1. The highest BCUT2D eigenvalue weighted by Crippen LogP contribution is 2.36. The number of nitrogens with one attached hydrogen (secondary N) is 1. The Morgan fingerprint density at radius 2 is 1.34 bits per heavy atom. The van der Waals surface area contributed by atoms with E-state index in [-0.39, 0.29) is 0 Å². The molecule has 2 heterocycles. The first-order valence-corrected chi connectivity index (χ1v) is 12.3. The fraction of sp³-hybridized carbons (Fsp3) is 0. The van der Waals surface area contributed by atoms with Gasteiger partial charge in [-0.3, -0.25) is 0 Å². The molecule has 0 unspecified atom stereocenters. The molecule has 35 heavy (non-hydrogen) atoms. The molecule has 0 bridgehead atoms. The Kier molecular flexibility index (Phi) is 4.64. The molecule has 0 saturated carbocycles. The van der Waals surface area contributed by atoms with E-state index >= 15 is 0 Å². The third-order valence-electron chi connectivity index (χ3n) is 6.41. The zero-order valence-corrected chi connectivity index (χ0v) is 19.5. The van der Waals surface area contributed by atoms with Crippen LogP contribution in [0.25, 0.3) is 53.5 Å². The molecule has 166 valence electrons. The number of hydrogen-bond donors (Lipinski definition) is 1. The van der Waals surface area contributed by atoms with Gasteiger partial charge < -0.3 is 9.73 Å². The maximum atomic E-state index is 5.45. The van der Waals surface area contributed by atoms with E-state index in [0.29, 0.717) is 0 Å². The molecule has 0 aliphatic heterocycles. The van der Waals surface area contributed by atoms with Gasteiger partial charge in [0.2, 0.25) is 0 Å². The molecular formula is C31H20N2OS. The van der Waals surface area contributed by atoms with Gasteiger partial charge in [-0.1, -0.05) is 54.6 Å². The Morgan fingerprint density at radius 3 is 2.29 bits per heavy atom. The number of oxazole rings is 1. The number of anilines is 2. The topological polar surface area (TPSA) is 38.1 Å². The zero-order chi connectivity index (χ0) is 23.2. The van der Waals surface area contributed by atoms with Gasteiger partial charge in [0.15, 0.2) is 12.0 Å². The van der Waals surface area contributed by atoms with Gasteiger partial charge in [0, 0.05) is 31.5 Å². The standard InChI is InChI=1S/C31H20N2OS/c1-2-7-30-26(6-1)27-17-22(11-15-31(27)35-30)21-4-3-5-25(16-21)33-24-12-8-20(9-13-24)23-10-14-28-29(18-23)34-19-32-28/h1-19,33H. The van der Waals surface area contributed by atoms with E-state index in [1.165, 1.54) is 37.7 Å². The minimum absolute atomic E-state index is 0.801. The lowest BCUT2D eigenvalue weighted by Crippen LogP contribution is -1.91. The van der Waals surface area contributed by atoms with Crippen molar-refractivity contribution in [2.24, 2.45) is 0 Å². The highest BCUT2D eigenvalue weighted by Gasteiger charge is 2.08. The quantitative estimate of drug-likeness (QED) is 0.280. The van der Waals surface area contributed by atoms with Crippen LogP contribution in [0.3, 0.4) is 0 Å². The first kappa shape index (κ1) is 20.0. The molecule has 0 amide bonds. The zero-order valence-electron chi connectivity index (χ0n) is 18.7. The minimum atomic E-state index is 0.801. The molecule has 3 nitrogen and oxygen atoms in total. The number of hydrogen-bond acceptors (Lipinski definition) is 4. The van der Waals surface area contributed by atoms with Crippen LogP contribution in [0.1, 0.15) is 0 Å². The summed E-state index contributed by atoms with van der Waals surface area (Å²) in [5.41, 5.74) is 8.46. The Labute approximate surface area is 206 Å². The first-order chi connectivity index (χ1) is 17.3. The van der Waals surface area contributed by atoms with Crippen LogP contribution in [0.4, 0.5) is 11.4 Å². The summed E-state index contributed by atoms with van der Waals surface area (Å²) >= 11 is 1.85. The van der Waals surface area contributed by atoms with Gasteiger partial charge in [-0.15, -0.1) is 11.3 Å². The summed E-state index contributed by atoms with van der Waals surface area (Å²) in [5, 5.41) is 6.20. The van der Waals surface area contributed by atoms with Crippen molar-refractivity contribution in [3.63, 3.8) is 0 Å². The van der Waals surface area contributed by atoms with Crippen LogP contribution in [0.2, 0.25) is 0 Å². The average Bonchev–Trinajstić information content (AvgIpc) is 3.53. The van der Waals surface area contributed by atoms with Crippen molar-refractivity contribution < 1.29 is 4.42 Å². The molecule has 7 rings (SSSR count). The van der Waals surface area contributed by atoms with E-state index in [2.05, 4.69) is 107 Å². The van der Waals surface area contributed by atoms with Crippen molar-refractivity contribution in [1.82, 2.24) is 4.98 Å². The molecule has 5 aromatic carbocycles. The van der Waals surface area contributed by atoms with Crippen LogP contribution in [0.15, 0.2) is 120 Å². The van der Waals surface area contributed by atoms with Gasteiger partial charge in [0.05, 0.1) is 0 Å². The van der Waals surface area contributed by atoms with Gasteiger partial charge >= 0.3 is 0 Å². The molecule has 1 N–H and O–H groups in total. The van der Waals surface area contributed by atoms with Crippen molar-refractivity contribution in [3.05, 3.63) is 116 Å². The molecule has 7 aromatic rings. The van der Waals surface area contributed by atoms with E-state index in [0.717, 1.165) is 33.6 Å². The van der Waals surface area contributed by atoms with Crippen molar-refractivity contribution in [2.75, 3.05) is 5.32 Å². The number of nitrogens with zero attached hydrogens (tertiary/aromatic N) is 1. The lowest BCUT2D eigenvalue weighted by Gasteiger charge is -2.10. The molecule has 0 spiro atoms. The fourth-order valence-corrected chi connectivity index (χ4v) is 5.72. The molecule has 0 radical (unpaired) electrons. The summed E-state index contributed by atoms with van der Waals surface area (Å²) in [5.74, 6) is 0. The summed E-state index contributed by atoms with van der Waals surface area (Å²) in [6.45, 7) is 0. The third kappa shape index (κ3) is 3.65. The third-order valence-corrected chi connectivity index (χ3v) is 7.56. The van der Waals surface area contributed by atoms with Gasteiger partial charge in [-0.2, -0.15) is 0 Å². The Morgan fingerprint density at radius 1 is 0.571 bits per heavy atom. The van der Waals surface area contributed by atoms with Crippen molar-refractivity contribution in [2.45, 2.75) is 0 Å². The molecule has 0 fully saturated rings. The lowest BCUT2D eigenvalue weighted by molar-refractivity contribution is 0.602. The number of aromatic nitrogens is 1. The van der Waals surface area contributed by atoms with Crippen LogP contribution in [-0.2, 0) is 0 Å². The van der Waals surface area contributed by atoms with Gasteiger partial charge in [0.25, 0.3) is 0 Å². The number of rotatable bonds is 4.